The Bertz CT molecular complexity index is 1880. The number of hydrogen-bond donors (Lipinski definition) is 1. The molecule has 1 saturated heterocycles. The molecule has 1 N–H and O–H groups in total. The van der Waals surface area contributed by atoms with Crippen LogP contribution in [0.25, 0.3) is 27.1 Å². The number of ether oxygens (including phenoxy) is 2. The second-order valence-corrected chi connectivity index (χ2v) is 10.3. The number of rotatable bonds is 9. The third-order valence-corrected chi connectivity index (χ3v) is 7.42. The lowest BCUT2D eigenvalue weighted by Crippen LogP contribution is -2.17. The van der Waals surface area contributed by atoms with Gasteiger partial charge < -0.3 is 19.1 Å². The van der Waals surface area contributed by atoms with Gasteiger partial charge in [0.1, 0.15) is 24.1 Å². The van der Waals surface area contributed by atoms with E-state index in [1.54, 1.807) is 42.5 Å². The highest BCUT2D eigenvalue weighted by molar-refractivity contribution is 5.92. The Morgan fingerprint density at radius 1 is 1.07 bits per heavy atom. The number of halogens is 2. The van der Waals surface area contributed by atoms with Gasteiger partial charge in [0.15, 0.2) is 5.69 Å². The number of imidazole rings is 1. The molecule has 0 radical (unpaired) electrons. The lowest BCUT2D eigenvalue weighted by Gasteiger charge is -2.15. The first kappa shape index (κ1) is 28.0. The maximum atomic E-state index is 15.5. The van der Waals surface area contributed by atoms with Crippen LogP contribution in [0, 0.1) is 18.2 Å². The van der Waals surface area contributed by atoms with E-state index in [2.05, 4.69) is 9.83 Å². The number of aromatic nitrogens is 3. The second kappa shape index (κ2) is 12.0. The summed E-state index contributed by atoms with van der Waals surface area (Å²) < 4.78 is 43.2. The summed E-state index contributed by atoms with van der Waals surface area (Å²) in [5.74, 6) is -1.14. The Morgan fingerprint density at radius 3 is 2.70 bits per heavy atom. The molecule has 0 saturated carbocycles. The number of nitrogens with zero attached hydrogens (tertiary/aromatic N) is 4. The number of fused-ring (bicyclic) bond motifs is 1. The summed E-state index contributed by atoms with van der Waals surface area (Å²) in [6, 6.07) is 18.8. The molecule has 2 aromatic heterocycles. The largest absolute Gasteiger partial charge is 0.478 e. The standard InChI is InChI=1S/C33H26F2N4O4/c1-36-23-10-8-22(26(34)17-23)19-43-32-6-2-5-28(38-32)25-11-7-20(14-27(25)35)15-31-37-29-12-9-21(33(40)41)16-30(29)39(31)18-24-4-3-13-42-24/h2,5-12,14,16-17,24H,3-4,13,15,18-19H2,(H,40,41)/t24-/m0/s1. The van der Waals surface area contributed by atoms with E-state index in [9.17, 15) is 14.3 Å². The first-order chi connectivity index (χ1) is 20.9. The Labute approximate surface area is 246 Å². The highest BCUT2D eigenvalue weighted by Crippen LogP contribution is 2.28. The summed E-state index contributed by atoms with van der Waals surface area (Å²) in [6.07, 6.45) is 2.20. The molecule has 1 atom stereocenters. The van der Waals surface area contributed by atoms with Crippen molar-refractivity contribution in [1.82, 2.24) is 14.5 Å². The van der Waals surface area contributed by atoms with Crippen molar-refractivity contribution in [3.8, 4) is 17.1 Å². The van der Waals surface area contributed by atoms with Crippen LogP contribution < -0.4 is 4.74 Å². The van der Waals surface area contributed by atoms with Crippen LogP contribution in [0.5, 0.6) is 5.88 Å². The number of carbonyl (C=O) groups is 1. The number of benzene rings is 3. The van der Waals surface area contributed by atoms with Gasteiger partial charge in [-0.05, 0) is 60.9 Å². The van der Waals surface area contributed by atoms with Crippen LogP contribution in [0.2, 0.25) is 0 Å². The van der Waals surface area contributed by atoms with Crippen LogP contribution in [-0.2, 0) is 24.3 Å². The number of carboxylic acid groups (broad SMARTS) is 1. The van der Waals surface area contributed by atoms with Gasteiger partial charge in [-0.3, -0.25) is 0 Å². The molecule has 0 bridgehead atoms. The molecule has 1 aliphatic rings. The van der Waals surface area contributed by atoms with E-state index in [1.165, 1.54) is 24.3 Å². The minimum atomic E-state index is -1.02. The highest BCUT2D eigenvalue weighted by Gasteiger charge is 2.21. The third kappa shape index (κ3) is 6.08. The Balaban J connectivity index is 1.23. The number of hydrogen-bond acceptors (Lipinski definition) is 5. The van der Waals surface area contributed by atoms with Crippen LogP contribution in [0.3, 0.4) is 0 Å². The SMILES string of the molecule is [C-]#[N+]c1ccc(COc2cccc(-c3ccc(Cc4nc5ccc(C(=O)O)cc5n4C[C@@H]4CCCO4)cc3F)n2)c(F)c1. The molecule has 43 heavy (non-hydrogen) atoms. The Kier molecular flexibility index (Phi) is 7.81. The molecule has 5 aromatic rings. The van der Waals surface area contributed by atoms with E-state index in [1.807, 2.05) is 4.57 Å². The minimum absolute atomic E-state index is 0.000996. The quantitative estimate of drug-likeness (QED) is 0.189. The molecule has 8 nitrogen and oxygen atoms in total. The minimum Gasteiger partial charge on any atom is -0.478 e. The third-order valence-electron chi connectivity index (χ3n) is 7.42. The molecular weight excluding hydrogens is 554 g/mol. The summed E-state index contributed by atoms with van der Waals surface area (Å²) in [5, 5.41) is 9.51. The Morgan fingerprint density at radius 2 is 1.95 bits per heavy atom. The molecule has 0 unspecified atom stereocenters. The van der Waals surface area contributed by atoms with Crippen molar-refractivity contribution in [2.75, 3.05) is 6.61 Å². The molecule has 216 valence electrons. The summed E-state index contributed by atoms with van der Waals surface area (Å²) in [6.45, 7) is 8.11. The molecule has 1 fully saturated rings. The van der Waals surface area contributed by atoms with Crippen LogP contribution >= 0.6 is 0 Å². The van der Waals surface area contributed by atoms with E-state index in [4.69, 9.17) is 21.0 Å². The van der Waals surface area contributed by atoms with Crippen LogP contribution in [0.15, 0.2) is 72.8 Å². The van der Waals surface area contributed by atoms with E-state index < -0.39 is 17.6 Å². The zero-order valence-electron chi connectivity index (χ0n) is 23.0. The van der Waals surface area contributed by atoms with Crippen molar-refractivity contribution >= 4 is 22.7 Å². The van der Waals surface area contributed by atoms with E-state index in [0.717, 1.165) is 18.9 Å². The number of aromatic carboxylic acids is 1. The molecule has 10 heteroatoms. The first-order valence-corrected chi connectivity index (χ1v) is 13.8. The molecule has 6 rings (SSSR count). The highest BCUT2D eigenvalue weighted by atomic mass is 19.1. The van der Waals surface area contributed by atoms with Gasteiger partial charge in [-0.1, -0.05) is 24.3 Å². The average Bonchev–Trinajstić information content (AvgIpc) is 3.64. The fourth-order valence-electron chi connectivity index (χ4n) is 5.21. The number of carboxylic acids is 1. The van der Waals surface area contributed by atoms with Crippen molar-refractivity contribution in [2.45, 2.75) is 38.5 Å². The van der Waals surface area contributed by atoms with Crippen LogP contribution in [0.4, 0.5) is 14.5 Å². The molecule has 0 amide bonds. The summed E-state index contributed by atoms with van der Waals surface area (Å²) in [4.78, 5) is 24.0. The van der Waals surface area contributed by atoms with Crippen LogP contribution in [0.1, 0.15) is 40.2 Å². The van der Waals surface area contributed by atoms with Gasteiger partial charge in [0.2, 0.25) is 5.88 Å². The zero-order chi connectivity index (χ0) is 29.9. The zero-order valence-corrected chi connectivity index (χ0v) is 23.0. The molecule has 0 aliphatic carbocycles. The summed E-state index contributed by atoms with van der Waals surface area (Å²) in [7, 11) is 0. The van der Waals surface area contributed by atoms with Gasteiger partial charge in [-0.25, -0.2) is 28.4 Å². The fourth-order valence-corrected chi connectivity index (χ4v) is 5.21. The van der Waals surface area contributed by atoms with Gasteiger partial charge >= 0.3 is 5.97 Å². The van der Waals surface area contributed by atoms with Crippen molar-refractivity contribution in [2.24, 2.45) is 0 Å². The first-order valence-electron chi connectivity index (χ1n) is 13.8. The predicted octanol–water partition coefficient (Wildman–Crippen LogP) is 6.97. The van der Waals surface area contributed by atoms with Crippen molar-refractivity contribution in [3.05, 3.63) is 118 Å². The normalized spacial score (nSPS) is 14.6. The topological polar surface area (TPSA) is 90.8 Å². The van der Waals surface area contributed by atoms with Gasteiger partial charge in [-0.2, -0.15) is 0 Å². The van der Waals surface area contributed by atoms with Gasteiger partial charge in [-0.15, -0.1) is 0 Å². The van der Waals surface area contributed by atoms with E-state index in [0.29, 0.717) is 47.7 Å². The maximum absolute atomic E-state index is 15.5. The van der Waals surface area contributed by atoms with Crippen LogP contribution in [-0.4, -0.2) is 38.3 Å². The van der Waals surface area contributed by atoms with Gasteiger partial charge in [0.05, 0.1) is 41.5 Å². The molecular formula is C33H26F2N4O4. The molecule has 0 spiro atoms. The van der Waals surface area contributed by atoms with Gasteiger partial charge in [0, 0.05) is 30.2 Å². The number of pyridine rings is 1. The molecule has 3 aromatic carbocycles. The van der Waals surface area contributed by atoms with E-state index in [-0.39, 0.29) is 41.0 Å². The van der Waals surface area contributed by atoms with Crippen molar-refractivity contribution < 1.29 is 28.2 Å². The molecule has 3 heterocycles. The predicted molar refractivity (Wildman–Crippen MR) is 155 cm³/mol. The van der Waals surface area contributed by atoms with Gasteiger partial charge in [0.25, 0.3) is 0 Å². The summed E-state index contributed by atoms with van der Waals surface area (Å²) >= 11 is 0. The Hall–Kier alpha value is -5.14. The average molecular weight is 581 g/mol. The second-order valence-electron chi connectivity index (χ2n) is 10.3. The monoisotopic (exact) mass is 580 g/mol. The maximum Gasteiger partial charge on any atom is 0.335 e. The fraction of sp³-hybridized carbons (Fsp3) is 0.212. The van der Waals surface area contributed by atoms with Crippen molar-refractivity contribution in [1.29, 1.82) is 0 Å². The van der Waals surface area contributed by atoms with Crippen molar-refractivity contribution in [3.63, 3.8) is 0 Å². The summed E-state index contributed by atoms with van der Waals surface area (Å²) in [5.41, 5.74) is 3.34. The lowest BCUT2D eigenvalue weighted by atomic mass is 10.1. The van der Waals surface area contributed by atoms with E-state index >= 15 is 4.39 Å². The lowest BCUT2D eigenvalue weighted by molar-refractivity contribution is 0.0697. The molecule has 1 aliphatic heterocycles. The smallest absolute Gasteiger partial charge is 0.335 e.